The zero-order valence-corrected chi connectivity index (χ0v) is 8.28. The highest BCUT2D eigenvalue weighted by Gasteiger charge is 2.18. The molecule has 88 valence electrons. The van der Waals surface area contributed by atoms with E-state index in [2.05, 4.69) is 5.16 Å². The first-order valence-electron chi connectivity index (χ1n) is 4.44. The molecule has 7 heteroatoms. The minimum atomic E-state index is -1.57. The van der Waals surface area contributed by atoms with Gasteiger partial charge in [-0.1, -0.05) is 5.16 Å². The number of hydrogen-bond donors (Lipinski definition) is 2. The minimum absolute atomic E-state index is 0.0468. The maximum Gasteiger partial charge on any atom is 0.338 e. The van der Waals surface area contributed by atoms with E-state index in [1.165, 1.54) is 6.07 Å². The summed E-state index contributed by atoms with van der Waals surface area (Å²) < 4.78 is 31.0. The minimum Gasteiger partial charge on any atom is -0.478 e. The number of hydrogen-bond acceptors (Lipinski definition) is 4. The number of anilines is 1. The summed E-state index contributed by atoms with van der Waals surface area (Å²) in [4.78, 5) is 10.7. The lowest BCUT2D eigenvalue weighted by Crippen LogP contribution is -2.03. The molecule has 3 N–H and O–H groups in total. The van der Waals surface area contributed by atoms with Crippen LogP contribution in [-0.2, 0) is 0 Å². The van der Waals surface area contributed by atoms with Gasteiger partial charge in [0.25, 0.3) is 0 Å². The first-order chi connectivity index (χ1) is 7.99. The van der Waals surface area contributed by atoms with E-state index < -0.39 is 23.2 Å². The van der Waals surface area contributed by atoms with Gasteiger partial charge in [0.1, 0.15) is 0 Å². The quantitative estimate of drug-likeness (QED) is 0.836. The summed E-state index contributed by atoms with van der Waals surface area (Å²) in [6.45, 7) is 0. The highest BCUT2D eigenvalue weighted by atomic mass is 19.2. The van der Waals surface area contributed by atoms with Gasteiger partial charge >= 0.3 is 5.97 Å². The first kappa shape index (κ1) is 11.1. The van der Waals surface area contributed by atoms with Crippen molar-refractivity contribution >= 4 is 11.8 Å². The van der Waals surface area contributed by atoms with Gasteiger partial charge in [-0.2, -0.15) is 0 Å². The number of carboxylic acids is 1. The van der Waals surface area contributed by atoms with E-state index >= 15 is 0 Å². The highest BCUT2D eigenvalue weighted by molar-refractivity contribution is 5.89. The Kier molecular flexibility index (Phi) is 2.51. The van der Waals surface area contributed by atoms with Gasteiger partial charge in [0.15, 0.2) is 23.2 Å². The number of aromatic carboxylic acids is 1. The van der Waals surface area contributed by atoms with Crippen LogP contribution in [0.2, 0.25) is 0 Å². The van der Waals surface area contributed by atoms with Gasteiger partial charge in [-0.25, -0.2) is 13.6 Å². The second kappa shape index (κ2) is 3.85. The number of nitrogens with two attached hydrogens (primary N) is 1. The number of nitrogens with zero attached hydrogens (tertiary/aromatic N) is 1. The molecule has 0 amide bonds. The van der Waals surface area contributed by atoms with E-state index in [-0.39, 0.29) is 17.1 Å². The largest absolute Gasteiger partial charge is 0.478 e. The second-order valence-corrected chi connectivity index (χ2v) is 3.24. The summed E-state index contributed by atoms with van der Waals surface area (Å²) in [5, 5.41) is 12.0. The fourth-order valence-corrected chi connectivity index (χ4v) is 1.31. The summed E-state index contributed by atoms with van der Waals surface area (Å²) in [5.74, 6) is -4.16. The third-order valence-corrected chi connectivity index (χ3v) is 2.07. The van der Waals surface area contributed by atoms with Crippen molar-refractivity contribution in [3.63, 3.8) is 0 Å². The van der Waals surface area contributed by atoms with Gasteiger partial charge in [0.05, 0.1) is 5.56 Å². The summed E-state index contributed by atoms with van der Waals surface area (Å²) >= 11 is 0. The molecular weight excluding hydrogens is 234 g/mol. The zero-order chi connectivity index (χ0) is 12.6. The van der Waals surface area contributed by atoms with Gasteiger partial charge in [-0.3, -0.25) is 0 Å². The molecule has 0 aliphatic rings. The van der Waals surface area contributed by atoms with Crippen molar-refractivity contribution in [2.75, 3.05) is 5.73 Å². The Morgan fingerprint density at radius 3 is 2.59 bits per heavy atom. The Bertz CT molecular complexity index is 595. The first-order valence-corrected chi connectivity index (χ1v) is 4.44. The topological polar surface area (TPSA) is 89.4 Å². The number of aromatic nitrogens is 1. The third kappa shape index (κ3) is 1.94. The van der Waals surface area contributed by atoms with Crippen molar-refractivity contribution in [3.05, 3.63) is 35.4 Å². The monoisotopic (exact) mass is 240 g/mol. The Morgan fingerprint density at radius 1 is 1.35 bits per heavy atom. The van der Waals surface area contributed by atoms with Gasteiger partial charge in [0, 0.05) is 11.6 Å². The molecule has 1 heterocycles. The maximum atomic E-state index is 13.2. The predicted octanol–water partition coefficient (Wildman–Crippen LogP) is 1.90. The summed E-state index contributed by atoms with van der Waals surface area (Å²) in [6, 6.07) is 3.03. The van der Waals surface area contributed by atoms with E-state index in [1.807, 2.05) is 0 Å². The Balaban J connectivity index is 2.60. The Hall–Kier alpha value is -2.44. The smallest absolute Gasteiger partial charge is 0.338 e. The summed E-state index contributed by atoms with van der Waals surface area (Å²) in [6.07, 6.45) is 0. The molecule has 0 unspecified atom stereocenters. The second-order valence-electron chi connectivity index (χ2n) is 3.24. The van der Waals surface area contributed by atoms with E-state index in [1.54, 1.807) is 0 Å². The summed E-state index contributed by atoms with van der Waals surface area (Å²) in [5.41, 5.74) is 4.56. The molecule has 2 rings (SSSR count). The lowest BCUT2D eigenvalue weighted by Gasteiger charge is -2.01. The van der Waals surface area contributed by atoms with Crippen LogP contribution in [0.1, 0.15) is 10.4 Å². The average Bonchev–Trinajstić information content (AvgIpc) is 2.68. The molecule has 0 spiro atoms. The molecule has 2 aromatic rings. The van der Waals surface area contributed by atoms with Crippen molar-refractivity contribution in [1.29, 1.82) is 0 Å². The zero-order valence-electron chi connectivity index (χ0n) is 8.28. The van der Waals surface area contributed by atoms with Crippen LogP contribution in [0.25, 0.3) is 11.3 Å². The van der Waals surface area contributed by atoms with Crippen LogP contribution in [0.3, 0.4) is 0 Å². The average molecular weight is 240 g/mol. The third-order valence-electron chi connectivity index (χ3n) is 2.07. The van der Waals surface area contributed by atoms with Gasteiger partial charge in [0.2, 0.25) is 0 Å². The molecule has 0 saturated carbocycles. The molecule has 5 nitrogen and oxygen atoms in total. The number of carbonyl (C=O) groups is 1. The van der Waals surface area contributed by atoms with Crippen LogP contribution in [0.5, 0.6) is 0 Å². The van der Waals surface area contributed by atoms with Crippen LogP contribution in [0, 0.1) is 11.6 Å². The van der Waals surface area contributed by atoms with Gasteiger partial charge < -0.3 is 15.4 Å². The standard InChI is InChI=1S/C10H6F2N2O3/c11-6-2-4(7-3-8(13)14-17-7)1-5(9(6)12)10(15)16/h1-3H,(H2,13,14)(H,15,16). The molecular formula is C10H6F2N2O3. The number of rotatable bonds is 2. The van der Waals surface area contributed by atoms with Crippen LogP contribution < -0.4 is 5.73 Å². The predicted molar refractivity (Wildman–Crippen MR) is 53.2 cm³/mol. The molecule has 1 aromatic heterocycles. The van der Waals surface area contributed by atoms with Gasteiger partial charge in [-0.05, 0) is 12.1 Å². The molecule has 17 heavy (non-hydrogen) atoms. The van der Waals surface area contributed by atoms with Crippen molar-refractivity contribution in [3.8, 4) is 11.3 Å². The van der Waals surface area contributed by atoms with Crippen LogP contribution >= 0.6 is 0 Å². The fraction of sp³-hybridized carbons (Fsp3) is 0. The molecule has 0 saturated heterocycles. The lowest BCUT2D eigenvalue weighted by atomic mass is 10.1. The van der Waals surface area contributed by atoms with Crippen molar-refractivity contribution in [2.45, 2.75) is 0 Å². The summed E-state index contributed by atoms with van der Waals surface area (Å²) in [7, 11) is 0. The van der Waals surface area contributed by atoms with Gasteiger partial charge in [-0.15, -0.1) is 0 Å². The number of benzene rings is 1. The van der Waals surface area contributed by atoms with Crippen molar-refractivity contribution < 1.29 is 23.2 Å². The molecule has 0 aliphatic heterocycles. The number of carboxylic acid groups (broad SMARTS) is 1. The SMILES string of the molecule is Nc1cc(-c2cc(F)c(F)c(C(=O)O)c2)on1. The van der Waals surface area contributed by atoms with Crippen LogP contribution in [0.15, 0.2) is 22.7 Å². The molecule has 0 radical (unpaired) electrons. The Labute approximate surface area is 93.4 Å². The number of nitrogen functional groups attached to an aromatic ring is 1. The fourth-order valence-electron chi connectivity index (χ4n) is 1.31. The van der Waals surface area contributed by atoms with E-state index in [4.69, 9.17) is 15.4 Å². The molecule has 0 fully saturated rings. The van der Waals surface area contributed by atoms with E-state index in [9.17, 15) is 13.6 Å². The molecule has 0 aliphatic carbocycles. The maximum absolute atomic E-state index is 13.2. The lowest BCUT2D eigenvalue weighted by molar-refractivity contribution is 0.0690. The Morgan fingerprint density at radius 2 is 2.06 bits per heavy atom. The molecule has 1 aromatic carbocycles. The molecule has 0 atom stereocenters. The highest BCUT2D eigenvalue weighted by Crippen LogP contribution is 2.25. The van der Waals surface area contributed by atoms with Crippen molar-refractivity contribution in [2.24, 2.45) is 0 Å². The van der Waals surface area contributed by atoms with E-state index in [0.717, 1.165) is 12.1 Å². The number of halogens is 2. The molecule has 0 bridgehead atoms. The van der Waals surface area contributed by atoms with E-state index in [0.29, 0.717) is 0 Å². The normalized spacial score (nSPS) is 10.5. The van der Waals surface area contributed by atoms with Crippen LogP contribution in [-0.4, -0.2) is 16.2 Å². The van der Waals surface area contributed by atoms with Crippen molar-refractivity contribution in [1.82, 2.24) is 5.16 Å². The van der Waals surface area contributed by atoms with Crippen LogP contribution in [0.4, 0.5) is 14.6 Å².